The number of hydrogen-bond acceptors (Lipinski definition) is 3. The topological polar surface area (TPSA) is 35.5 Å². The highest BCUT2D eigenvalue weighted by atomic mass is 16.3. The summed E-state index contributed by atoms with van der Waals surface area (Å²) in [5.41, 5.74) is 4.64. The van der Waals surface area contributed by atoms with Gasteiger partial charge in [0.25, 0.3) is 0 Å². The SMILES string of the molecule is CCc1cc(O)cc(/C=C/c2ccc(N3CCNCC3)cc2)c1. The van der Waals surface area contributed by atoms with Gasteiger partial charge in [0.2, 0.25) is 0 Å². The molecule has 2 aromatic carbocycles. The van der Waals surface area contributed by atoms with E-state index in [1.54, 1.807) is 6.07 Å². The minimum atomic E-state index is 0.332. The summed E-state index contributed by atoms with van der Waals surface area (Å²) >= 11 is 0. The van der Waals surface area contributed by atoms with Gasteiger partial charge < -0.3 is 15.3 Å². The molecule has 23 heavy (non-hydrogen) atoms. The van der Waals surface area contributed by atoms with E-state index < -0.39 is 0 Å². The number of aryl methyl sites for hydroxylation is 1. The smallest absolute Gasteiger partial charge is 0.116 e. The molecule has 3 rings (SSSR count). The van der Waals surface area contributed by atoms with Crippen molar-refractivity contribution in [2.24, 2.45) is 0 Å². The number of nitrogens with one attached hydrogen (secondary N) is 1. The number of anilines is 1. The Kier molecular flexibility index (Phi) is 4.99. The highest BCUT2D eigenvalue weighted by Gasteiger charge is 2.09. The lowest BCUT2D eigenvalue weighted by atomic mass is 10.1. The van der Waals surface area contributed by atoms with Crippen LogP contribution in [0.25, 0.3) is 12.2 Å². The lowest BCUT2D eigenvalue weighted by molar-refractivity contribution is 0.474. The molecule has 1 heterocycles. The Balaban J connectivity index is 1.71. The molecule has 0 spiro atoms. The van der Waals surface area contributed by atoms with E-state index in [0.717, 1.165) is 43.7 Å². The largest absolute Gasteiger partial charge is 0.508 e. The predicted octanol–water partition coefficient (Wildman–Crippen LogP) is 3.53. The van der Waals surface area contributed by atoms with Crippen LogP contribution in [0.3, 0.4) is 0 Å². The first-order chi connectivity index (χ1) is 11.2. The molecule has 1 saturated heterocycles. The number of piperazine rings is 1. The third-order valence-electron chi connectivity index (χ3n) is 4.25. The Hall–Kier alpha value is -2.26. The Bertz CT molecular complexity index is 671. The van der Waals surface area contributed by atoms with Crippen LogP contribution in [0.4, 0.5) is 5.69 Å². The Morgan fingerprint density at radius 3 is 2.39 bits per heavy atom. The Morgan fingerprint density at radius 2 is 1.70 bits per heavy atom. The minimum Gasteiger partial charge on any atom is -0.508 e. The molecule has 1 aliphatic rings. The van der Waals surface area contributed by atoms with Crippen molar-refractivity contribution >= 4 is 17.8 Å². The molecule has 3 nitrogen and oxygen atoms in total. The van der Waals surface area contributed by atoms with Gasteiger partial charge in [0.05, 0.1) is 0 Å². The quantitative estimate of drug-likeness (QED) is 0.848. The Morgan fingerprint density at radius 1 is 1.00 bits per heavy atom. The van der Waals surface area contributed by atoms with Crippen LogP contribution in [-0.4, -0.2) is 31.3 Å². The van der Waals surface area contributed by atoms with Crippen LogP contribution in [0, 0.1) is 0 Å². The highest BCUT2D eigenvalue weighted by Crippen LogP contribution is 2.20. The van der Waals surface area contributed by atoms with E-state index in [4.69, 9.17) is 0 Å². The molecule has 0 radical (unpaired) electrons. The third-order valence-corrected chi connectivity index (χ3v) is 4.25. The van der Waals surface area contributed by atoms with Gasteiger partial charge in [-0.15, -0.1) is 0 Å². The van der Waals surface area contributed by atoms with Crippen molar-refractivity contribution in [3.05, 3.63) is 59.2 Å². The van der Waals surface area contributed by atoms with Crippen molar-refractivity contribution < 1.29 is 5.11 Å². The van der Waals surface area contributed by atoms with E-state index >= 15 is 0 Å². The zero-order chi connectivity index (χ0) is 16.1. The molecular weight excluding hydrogens is 284 g/mol. The first-order valence-corrected chi connectivity index (χ1v) is 8.31. The second-order valence-corrected chi connectivity index (χ2v) is 5.95. The molecular formula is C20H24N2O. The second-order valence-electron chi connectivity index (χ2n) is 5.95. The van der Waals surface area contributed by atoms with Gasteiger partial charge in [-0.3, -0.25) is 0 Å². The summed E-state index contributed by atoms with van der Waals surface area (Å²) < 4.78 is 0. The van der Waals surface area contributed by atoms with Crippen molar-refractivity contribution in [2.75, 3.05) is 31.1 Å². The molecule has 120 valence electrons. The van der Waals surface area contributed by atoms with Gasteiger partial charge in [0.1, 0.15) is 5.75 Å². The third kappa shape index (κ3) is 4.14. The lowest BCUT2D eigenvalue weighted by Gasteiger charge is -2.29. The molecule has 0 bridgehead atoms. The molecule has 0 unspecified atom stereocenters. The summed E-state index contributed by atoms with van der Waals surface area (Å²) in [7, 11) is 0. The van der Waals surface area contributed by atoms with Crippen molar-refractivity contribution in [3.63, 3.8) is 0 Å². The molecule has 2 aromatic rings. The van der Waals surface area contributed by atoms with Gasteiger partial charge in [-0.2, -0.15) is 0 Å². The van der Waals surface area contributed by atoms with Gasteiger partial charge in [0, 0.05) is 31.9 Å². The van der Waals surface area contributed by atoms with Gasteiger partial charge in [-0.25, -0.2) is 0 Å². The Labute approximate surface area is 138 Å². The lowest BCUT2D eigenvalue weighted by Crippen LogP contribution is -2.43. The highest BCUT2D eigenvalue weighted by molar-refractivity contribution is 5.71. The fourth-order valence-corrected chi connectivity index (χ4v) is 2.91. The molecule has 0 atom stereocenters. The molecule has 3 heteroatoms. The van der Waals surface area contributed by atoms with E-state index in [0.29, 0.717) is 5.75 Å². The number of phenols is 1. The van der Waals surface area contributed by atoms with Crippen LogP contribution in [0.1, 0.15) is 23.6 Å². The summed E-state index contributed by atoms with van der Waals surface area (Å²) in [6.45, 7) is 6.34. The first kappa shape index (κ1) is 15.6. The van der Waals surface area contributed by atoms with Gasteiger partial charge in [0.15, 0.2) is 0 Å². The molecule has 0 aliphatic carbocycles. The number of hydrogen-bond donors (Lipinski definition) is 2. The minimum absolute atomic E-state index is 0.332. The van der Waals surface area contributed by atoms with Crippen molar-refractivity contribution in [3.8, 4) is 5.75 Å². The fraction of sp³-hybridized carbons (Fsp3) is 0.300. The van der Waals surface area contributed by atoms with Crippen LogP contribution >= 0.6 is 0 Å². The maximum atomic E-state index is 9.76. The number of rotatable bonds is 4. The van der Waals surface area contributed by atoms with E-state index in [-0.39, 0.29) is 0 Å². The van der Waals surface area contributed by atoms with Crippen LogP contribution < -0.4 is 10.2 Å². The predicted molar refractivity (Wildman–Crippen MR) is 97.9 cm³/mol. The monoisotopic (exact) mass is 308 g/mol. The summed E-state index contributed by atoms with van der Waals surface area (Å²) in [4.78, 5) is 2.41. The van der Waals surface area contributed by atoms with Crippen LogP contribution in [0.15, 0.2) is 42.5 Å². The van der Waals surface area contributed by atoms with Crippen molar-refractivity contribution in [2.45, 2.75) is 13.3 Å². The molecule has 1 fully saturated rings. The van der Waals surface area contributed by atoms with Gasteiger partial charge in [-0.05, 0) is 47.4 Å². The maximum absolute atomic E-state index is 9.76. The summed E-state index contributed by atoms with van der Waals surface area (Å²) in [5, 5.41) is 13.1. The fourth-order valence-electron chi connectivity index (χ4n) is 2.91. The van der Waals surface area contributed by atoms with E-state index in [1.807, 2.05) is 6.07 Å². The second kappa shape index (κ2) is 7.34. The van der Waals surface area contributed by atoms with Crippen LogP contribution in [0.5, 0.6) is 5.75 Å². The zero-order valence-electron chi connectivity index (χ0n) is 13.6. The average Bonchev–Trinajstić information content (AvgIpc) is 2.60. The van der Waals surface area contributed by atoms with Crippen LogP contribution in [0.2, 0.25) is 0 Å². The van der Waals surface area contributed by atoms with Crippen molar-refractivity contribution in [1.82, 2.24) is 5.32 Å². The standard InChI is InChI=1S/C20H24N2O/c1-2-16-13-18(15-20(23)14-16)4-3-17-5-7-19(8-6-17)22-11-9-21-10-12-22/h3-8,13-15,21,23H,2,9-12H2,1H3/b4-3+. The first-order valence-electron chi connectivity index (χ1n) is 8.31. The molecule has 1 aliphatic heterocycles. The zero-order valence-corrected chi connectivity index (χ0v) is 13.6. The number of aromatic hydroxyl groups is 1. The molecule has 0 saturated carbocycles. The summed E-state index contributed by atoms with van der Waals surface area (Å²) in [6, 6.07) is 14.4. The molecule has 0 amide bonds. The summed E-state index contributed by atoms with van der Waals surface area (Å²) in [6.07, 6.45) is 5.07. The van der Waals surface area contributed by atoms with Crippen molar-refractivity contribution in [1.29, 1.82) is 0 Å². The van der Waals surface area contributed by atoms with E-state index in [2.05, 4.69) is 59.6 Å². The molecule has 0 aromatic heterocycles. The normalized spacial score (nSPS) is 15.3. The van der Waals surface area contributed by atoms with Gasteiger partial charge in [-0.1, -0.05) is 37.3 Å². The maximum Gasteiger partial charge on any atom is 0.116 e. The number of phenolic OH excluding ortho intramolecular Hbond substituents is 1. The van der Waals surface area contributed by atoms with Crippen LogP contribution in [-0.2, 0) is 6.42 Å². The average molecular weight is 308 g/mol. The summed E-state index contributed by atoms with van der Waals surface area (Å²) in [5.74, 6) is 0.332. The number of benzene rings is 2. The number of nitrogens with zero attached hydrogens (tertiary/aromatic N) is 1. The molecule has 2 N–H and O–H groups in total. The van der Waals surface area contributed by atoms with Gasteiger partial charge >= 0.3 is 0 Å². The van der Waals surface area contributed by atoms with E-state index in [9.17, 15) is 5.11 Å². The van der Waals surface area contributed by atoms with E-state index in [1.165, 1.54) is 11.3 Å².